The number of hydrogen-bond donors (Lipinski definition) is 7. The van der Waals surface area contributed by atoms with Crippen LogP contribution in [0.2, 0.25) is 0 Å². The molecule has 0 radical (unpaired) electrons. The van der Waals surface area contributed by atoms with Gasteiger partial charge in [-0.25, -0.2) is 0 Å². The molecule has 1 saturated heterocycles. The first kappa shape index (κ1) is 23.9. The van der Waals surface area contributed by atoms with Crippen molar-refractivity contribution in [2.45, 2.75) is 43.2 Å². The second-order valence-corrected chi connectivity index (χ2v) is 7.93. The summed E-state index contributed by atoms with van der Waals surface area (Å²) >= 11 is 0. The lowest BCUT2D eigenvalue weighted by molar-refractivity contribution is -0.277. The Morgan fingerprint density at radius 3 is 2.41 bits per heavy atom. The van der Waals surface area contributed by atoms with E-state index in [1.807, 2.05) is 0 Å². The molecule has 12 nitrogen and oxygen atoms in total. The fourth-order valence-electron chi connectivity index (χ4n) is 3.93. The Morgan fingerprint density at radius 1 is 1.03 bits per heavy atom. The highest BCUT2D eigenvalue weighted by molar-refractivity contribution is 6.03. The number of phenolic OH excluding ortho intramolecular Hbond substituents is 3. The lowest BCUT2D eigenvalue weighted by Crippen LogP contribution is -2.60. The number of benzene rings is 2. The minimum absolute atomic E-state index is 0.0910. The Labute approximate surface area is 192 Å². The maximum atomic E-state index is 12.8. The van der Waals surface area contributed by atoms with Gasteiger partial charge in [0.25, 0.3) is 0 Å². The molecule has 2 aromatic carbocycles. The summed E-state index contributed by atoms with van der Waals surface area (Å²) in [6.07, 6.45) is -8.87. The average Bonchev–Trinajstić information content (AvgIpc) is 2.80. The van der Waals surface area contributed by atoms with Crippen molar-refractivity contribution in [2.75, 3.05) is 13.7 Å². The molecule has 2 aromatic rings. The highest BCUT2D eigenvalue weighted by Crippen LogP contribution is 2.49. The van der Waals surface area contributed by atoms with Crippen LogP contribution in [0.15, 0.2) is 24.3 Å². The first-order valence-electron chi connectivity index (χ1n) is 10.3. The second kappa shape index (κ2) is 9.16. The Hall–Kier alpha value is -3.29. The number of ketones is 1. The molecule has 7 N–H and O–H groups in total. The Kier molecular flexibility index (Phi) is 6.43. The van der Waals surface area contributed by atoms with Crippen LogP contribution in [0, 0.1) is 0 Å². The molecule has 0 bridgehead atoms. The van der Waals surface area contributed by atoms with Gasteiger partial charge in [-0.2, -0.15) is 0 Å². The molecular formula is C22H24O12. The third-order valence-corrected chi connectivity index (χ3v) is 5.77. The molecule has 12 heteroatoms. The molecule has 0 amide bonds. The molecule has 4 rings (SSSR count). The van der Waals surface area contributed by atoms with Crippen molar-refractivity contribution in [3.63, 3.8) is 0 Å². The number of carbonyl (C=O) groups is 1. The number of hydrogen-bond acceptors (Lipinski definition) is 12. The third kappa shape index (κ3) is 4.06. The minimum atomic E-state index is -1.73. The van der Waals surface area contributed by atoms with Gasteiger partial charge in [0.05, 0.1) is 20.1 Å². The molecule has 0 aromatic heterocycles. The number of phenols is 3. The van der Waals surface area contributed by atoms with Crippen LogP contribution < -0.4 is 14.2 Å². The Bertz CT molecular complexity index is 1080. The lowest BCUT2D eigenvalue weighted by Gasteiger charge is -2.39. The monoisotopic (exact) mass is 480 g/mol. The van der Waals surface area contributed by atoms with Gasteiger partial charge in [0.1, 0.15) is 41.8 Å². The predicted molar refractivity (Wildman–Crippen MR) is 111 cm³/mol. The first-order valence-corrected chi connectivity index (χ1v) is 10.3. The zero-order chi connectivity index (χ0) is 24.7. The van der Waals surface area contributed by atoms with Crippen LogP contribution in [0.5, 0.6) is 34.5 Å². The number of fused-ring (bicyclic) bond motifs is 1. The smallest absolute Gasteiger partial charge is 0.229 e. The summed E-state index contributed by atoms with van der Waals surface area (Å²) in [4.78, 5) is 12.8. The first-order chi connectivity index (χ1) is 16.2. The van der Waals surface area contributed by atoms with Crippen LogP contribution in [0.1, 0.15) is 28.4 Å². The predicted octanol–water partition coefficient (Wildman–Crippen LogP) is -0.303. The Morgan fingerprint density at radius 2 is 1.76 bits per heavy atom. The number of rotatable bonds is 5. The van der Waals surface area contributed by atoms with Gasteiger partial charge >= 0.3 is 0 Å². The van der Waals surface area contributed by atoms with E-state index in [9.17, 15) is 40.5 Å². The van der Waals surface area contributed by atoms with E-state index >= 15 is 0 Å². The molecule has 2 aliphatic heterocycles. The number of carbonyl (C=O) groups excluding carboxylic acids is 1. The number of methoxy groups -OCH3 is 1. The van der Waals surface area contributed by atoms with Crippen LogP contribution in [-0.4, -0.2) is 86.0 Å². The molecule has 1 fully saturated rings. The summed E-state index contributed by atoms with van der Waals surface area (Å²) in [5.74, 6) is -2.40. The van der Waals surface area contributed by atoms with Gasteiger partial charge in [-0.15, -0.1) is 0 Å². The fourth-order valence-corrected chi connectivity index (χ4v) is 3.93. The highest BCUT2D eigenvalue weighted by atomic mass is 16.7. The van der Waals surface area contributed by atoms with E-state index in [-0.39, 0.29) is 35.0 Å². The van der Waals surface area contributed by atoms with E-state index in [0.29, 0.717) is 5.56 Å². The normalized spacial score (nSPS) is 28.7. The Balaban J connectivity index is 1.69. The van der Waals surface area contributed by atoms with Crippen molar-refractivity contribution in [2.24, 2.45) is 0 Å². The van der Waals surface area contributed by atoms with Crippen molar-refractivity contribution in [1.29, 1.82) is 0 Å². The van der Waals surface area contributed by atoms with Gasteiger partial charge in [0.15, 0.2) is 28.8 Å². The number of aromatic hydroxyl groups is 3. The lowest BCUT2D eigenvalue weighted by atomic mass is 9.95. The van der Waals surface area contributed by atoms with Gasteiger partial charge in [-0.05, 0) is 17.7 Å². The molecule has 0 saturated carbocycles. The van der Waals surface area contributed by atoms with E-state index in [1.54, 1.807) is 0 Å². The van der Waals surface area contributed by atoms with Gasteiger partial charge in [0.2, 0.25) is 12.0 Å². The van der Waals surface area contributed by atoms with Crippen molar-refractivity contribution in [1.82, 2.24) is 0 Å². The van der Waals surface area contributed by atoms with Gasteiger partial charge < -0.3 is 54.7 Å². The molecule has 2 heterocycles. The summed E-state index contributed by atoms with van der Waals surface area (Å²) in [7, 11) is 1.21. The standard InChI is InChI=1S/C22H24O12/c1-31-21-14(33-22-20(30)19(29)17(27)15(7-23)34-22)6-13-16(18(21)28)11(26)5-12(32-13)8-2-3-9(24)10(25)4-8/h2-4,6,12,15,17,19-20,22-25,27-30H,5,7H2,1H3/t12?,15-,17-,19+,20-,22-/m1/s1. The number of aliphatic hydroxyl groups excluding tert-OH is 4. The van der Waals surface area contributed by atoms with Crippen molar-refractivity contribution in [3.8, 4) is 34.5 Å². The van der Waals surface area contributed by atoms with Crippen molar-refractivity contribution in [3.05, 3.63) is 35.4 Å². The summed E-state index contributed by atoms with van der Waals surface area (Å²) in [6, 6.07) is 5.17. The molecule has 6 atom stereocenters. The summed E-state index contributed by atoms with van der Waals surface area (Å²) in [5, 5.41) is 69.6. The highest BCUT2D eigenvalue weighted by Gasteiger charge is 2.45. The molecule has 0 aliphatic carbocycles. The number of aliphatic hydroxyl groups is 4. The number of Topliss-reactive ketones (excluding diaryl/α,β-unsaturated/α-hetero) is 1. The maximum Gasteiger partial charge on any atom is 0.229 e. The largest absolute Gasteiger partial charge is 0.504 e. The molecule has 184 valence electrons. The maximum absolute atomic E-state index is 12.8. The topological polar surface area (TPSA) is 196 Å². The summed E-state index contributed by atoms with van der Waals surface area (Å²) < 4.78 is 21.9. The van der Waals surface area contributed by atoms with E-state index in [1.165, 1.54) is 31.4 Å². The van der Waals surface area contributed by atoms with Crippen LogP contribution in [0.25, 0.3) is 0 Å². The second-order valence-electron chi connectivity index (χ2n) is 7.93. The summed E-state index contributed by atoms with van der Waals surface area (Å²) in [6.45, 7) is -0.670. The van der Waals surface area contributed by atoms with E-state index < -0.39 is 60.7 Å². The molecule has 1 unspecified atom stereocenters. The zero-order valence-electron chi connectivity index (χ0n) is 17.9. The zero-order valence-corrected chi connectivity index (χ0v) is 17.9. The number of ether oxygens (including phenoxy) is 4. The van der Waals surface area contributed by atoms with E-state index in [0.717, 1.165) is 0 Å². The van der Waals surface area contributed by atoms with Gasteiger partial charge in [-0.1, -0.05) is 6.07 Å². The fraction of sp³-hybridized carbons (Fsp3) is 0.409. The average molecular weight is 480 g/mol. The van der Waals surface area contributed by atoms with Crippen LogP contribution >= 0.6 is 0 Å². The summed E-state index contributed by atoms with van der Waals surface area (Å²) in [5.41, 5.74) is 0.221. The minimum Gasteiger partial charge on any atom is -0.504 e. The molecule has 34 heavy (non-hydrogen) atoms. The quantitative estimate of drug-likeness (QED) is 0.276. The van der Waals surface area contributed by atoms with Crippen molar-refractivity contribution >= 4 is 5.78 Å². The van der Waals surface area contributed by atoms with E-state index in [4.69, 9.17) is 18.9 Å². The van der Waals surface area contributed by atoms with E-state index in [2.05, 4.69) is 0 Å². The van der Waals surface area contributed by atoms with Gasteiger partial charge in [-0.3, -0.25) is 4.79 Å². The molecular weight excluding hydrogens is 456 g/mol. The SMILES string of the molecule is COc1c(O[C@@H]2O[C@H](CO)[C@@H](O)[C@H](O)[C@H]2O)cc2c(c1O)C(=O)CC(c1ccc(O)c(O)c1)O2. The third-order valence-electron chi connectivity index (χ3n) is 5.77. The van der Waals surface area contributed by atoms with Crippen molar-refractivity contribution < 1.29 is 59.5 Å². The van der Waals surface area contributed by atoms with Crippen LogP contribution in [0.4, 0.5) is 0 Å². The van der Waals surface area contributed by atoms with Crippen LogP contribution in [0.3, 0.4) is 0 Å². The van der Waals surface area contributed by atoms with Crippen LogP contribution in [-0.2, 0) is 4.74 Å². The van der Waals surface area contributed by atoms with Gasteiger partial charge in [0, 0.05) is 6.07 Å². The molecule has 2 aliphatic rings. The molecule has 0 spiro atoms.